The van der Waals surface area contributed by atoms with Crippen LogP contribution < -0.4 is 0 Å². The van der Waals surface area contributed by atoms with Crippen LogP contribution in [-0.4, -0.2) is 113 Å². The summed E-state index contributed by atoms with van der Waals surface area (Å²) in [4.78, 5) is 0. The van der Waals surface area contributed by atoms with Crippen molar-refractivity contribution in [2.45, 2.75) is 58.9 Å². The van der Waals surface area contributed by atoms with Crippen molar-refractivity contribution < 1.29 is 55.1 Å². The molecule has 0 aromatic heterocycles. The van der Waals surface area contributed by atoms with E-state index in [0.29, 0.717) is 0 Å². The summed E-state index contributed by atoms with van der Waals surface area (Å²) >= 11 is 1.34. The average molecular weight is 468 g/mol. The number of hydrogen-bond donors (Lipinski definition) is 8. The molecule has 10 atom stereocenters. The molecule has 8 N–H and O–H groups in total. The molecule has 2 heterocycles. The van der Waals surface area contributed by atoms with Gasteiger partial charge >= 0.3 is 0 Å². The van der Waals surface area contributed by atoms with Crippen molar-refractivity contribution >= 4 is 22.6 Å². The Morgan fingerprint density at radius 1 is 0.875 bits per heavy atom. The number of rotatable bonds is 4. The molecule has 0 saturated carbocycles. The van der Waals surface area contributed by atoms with Crippen molar-refractivity contribution in [3.63, 3.8) is 0 Å². The topological polar surface area (TPSA) is 190 Å². The molecule has 0 radical (unpaired) electrons. The van der Waals surface area contributed by atoms with E-state index in [2.05, 4.69) is 0 Å². The highest BCUT2D eigenvalue weighted by Gasteiger charge is 2.54. The third kappa shape index (κ3) is 3.84. The van der Waals surface area contributed by atoms with Gasteiger partial charge in [0.15, 0.2) is 6.29 Å². The first-order valence-corrected chi connectivity index (χ1v) is 8.24. The minimum absolute atomic E-state index is 0.673. The highest BCUT2D eigenvalue weighted by molar-refractivity contribution is 14.1. The molecule has 0 spiro atoms. The van der Waals surface area contributed by atoms with Gasteiger partial charge in [0.1, 0.15) is 48.8 Å². The van der Waals surface area contributed by atoms with Gasteiger partial charge in [0.25, 0.3) is 0 Å². The Kier molecular flexibility index (Phi) is 6.77. The van der Waals surface area contributed by atoms with Crippen molar-refractivity contribution in [2.75, 3.05) is 13.2 Å². The second kappa shape index (κ2) is 7.89. The molecule has 0 amide bonds. The van der Waals surface area contributed by atoms with E-state index in [1.54, 1.807) is 0 Å². The van der Waals surface area contributed by atoms with Crippen molar-refractivity contribution in [1.82, 2.24) is 0 Å². The number of aliphatic hydroxyl groups excluding tert-OH is 7. The lowest BCUT2D eigenvalue weighted by atomic mass is 9.97. The molecule has 2 saturated heterocycles. The summed E-state index contributed by atoms with van der Waals surface area (Å²) in [5, 5.41) is 77.6. The Balaban J connectivity index is 2.15. The zero-order valence-electron chi connectivity index (χ0n) is 12.3. The standard InChI is InChI=1S/C12H21IO11/c13-12(21)10(20)8(19)9(4(2-15)24-12)23-11-7(18)6(17)5(16)3(1-14)22-11/h3-11,14-21H,1-2H2/t3-,4-,5+,6+,7-,8+,9-,10-,11+,12?/m1/s1. The predicted octanol–water partition coefficient (Wildman–Crippen LogP) is -4.63. The molecule has 2 fully saturated rings. The van der Waals surface area contributed by atoms with Gasteiger partial charge < -0.3 is 55.1 Å². The average Bonchev–Trinajstić information content (AvgIpc) is 2.55. The molecular weight excluding hydrogens is 447 g/mol. The minimum Gasteiger partial charge on any atom is -0.394 e. The highest BCUT2D eigenvalue weighted by Crippen LogP contribution is 2.35. The van der Waals surface area contributed by atoms with E-state index in [4.69, 9.17) is 19.3 Å². The molecule has 2 rings (SSSR count). The van der Waals surface area contributed by atoms with Gasteiger partial charge in [-0.3, -0.25) is 0 Å². The molecule has 0 bridgehead atoms. The fourth-order valence-corrected chi connectivity index (χ4v) is 3.30. The van der Waals surface area contributed by atoms with Crippen LogP contribution in [0.5, 0.6) is 0 Å². The van der Waals surface area contributed by atoms with Crippen molar-refractivity contribution in [3.05, 3.63) is 0 Å². The number of ether oxygens (including phenoxy) is 3. The number of halogens is 1. The van der Waals surface area contributed by atoms with E-state index in [1.165, 1.54) is 22.6 Å². The lowest BCUT2D eigenvalue weighted by molar-refractivity contribution is -0.358. The maximum absolute atomic E-state index is 10.1. The normalized spacial score (nSPS) is 53.1. The van der Waals surface area contributed by atoms with Gasteiger partial charge in [0.05, 0.1) is 13.2 Å². The number of alkyl halides is 1. The van der Waals surface area contributed by atoms with E-state index in [0.717, 1.165) is 0 Å². The first kappa shape index (κ1) is 20.6. The van der Waals surface area contributed by atoms with Gasteiger partial charge in [-0.2, -0.15) is 0 Å². The predicted molar refractivity (Wildman–Crippen MR) is 81.6 cm³/mol. The van der Waals surface area contributed by atoms with Crippen molar-refractivity contribution in [1.29, 1.82) is 0 Å². The van der Waals surface area contributed by atoms with Gasteiger partial charge in [0, 0.05) is 0 Å². The molecule has 1 unspecified atom stereocenters. The van der Waals surface area contributed by atoms with E-state index >= 15 is 0 Å². The van der Waals surface area contributed by atoms with Crippen molar-refractivity contribution in [2.24, 2.45) is 0 Å². The summed E-state index contributed by atoms with van der Waals surface area (Å²) in [5.74, 6) is 0. The summed E-state index contributed by atoms with van der Waals surface area (Å²) in [6.07, 6.45) is -14.1. The van der Waals surface area contributed by atoms with Crippen LogP contribution in [-0.2, 0) is 14.2 Å². The summed E-state index contributed by atoms with van der Waals surface area (Å²) in [5.41, 5.74) is 0. The molecular formula is C12H21IO11. The third-order valence-corrected chi connectivity index (χ3v) is 4.92. The van der Waals surface area contributed by atoms with Crippen LogP contribution in [0, 0.1) is 0 Å². The molecule has 0 aromatic carbocycles. The fraction of sp³-hybridized carbons (Fsp3) is 1.00. The van der Waals surface area contributed by atoms with Gasteiger partial charge in [0.2, 0.25) is 3.79 Å². The summed E-state index contributed by atoms with van der Waals surface area (Å²) < 4.78 is 13.3. The summed E-state index contributed by atoms with van der Waals surface area (Å²) in [6, 6.07) is 0. The smallest absolute Gasteiger partial charge is 0.248 e. The quantitative estimate of drug-likeness (QED) is 0.146. The first-order valence-electron chi connectivity index (χ1n) is 7.16. The van der Waals surface area contributed by atoms with Crippen LogP contribution in [0.25, 0.3) is 0 Å². The van der Waals surface area contributed by atoms with Crippen LogP contribution in [0.2, 0.25) is 0 Å². The molecule has 11 nitrogen and oxygen atoms in total. The molecule has 2 aliphatic heterocycles. The number of hydrogen-bond acceptors (Lipinski definition) is 11. The fourth-order valence-electron chi connectivity index (χ4n) is 2.60. The molecule has 12 heteroatoms. The first-order chi connectivity index (χ1) is 11.1. The largest absolute Gasteiger partial charge is 0.394 e. The van der Waals surface area contributed by atoms with Gasteiger partial charge in [-0.1, -0.05) is 0 Å². The Labute approximate surface area is 150 Å². The second-order valence-corrected chi connectivity index (χ2v) is 7.23. The molecule has 142 valence electrons. The van der Waals surface area contributed by atoms with E-state index in [-0.39, 0.29) is 0 Å². The van der Waals surface area contributed by atoms with Crippen molar-refractivity contribution in [3.8, 4) is 0 Å². The van der Waals surface area contributed by atoms with Crippen LogP contribution in [0.1, 0.15) is 0 Å². The maximum Gasteiger partial charge on any atom is 0.248 e. The van der Waals surface area contributed by atoms with E-state index < -0.39 is 72.1 Å². The minimum atomic E-state index is -2.17. The number of aliphatic hydroxyl groups is 8. The van der Waals surface area contributed by atoms with Crippen LogP contribution in [0.3, 0.4) is 0 Å². The zero-order chi connectivity index (χ0) is 18.2. The van der Waals surface area contributed by atoms with Gasteiger partial charge in [-0.15, -0.1) is 0 Å². The monoisotopic (exact) mass is 468 g/mol. The van der Waals surface area contributed by atoms with Gasteiger partial charge in [-0.25, -0.2) is 0 Å². The van der Waals surface area contributed by atoms with Crippen LogP contribution in [0.4, 0.5) is 0 Å². The molecule has 24 heavy (non-hydrogen) atoms. The Hall–Kier alpha value is 0.290. The van der Waals surface area contributed by atoms with E-state index in [1.807, 2.05) is 0 Å². The van der Waals surface area contributed by atoms with E-state index in [9.17, 15) is 35.7 Å². The highest BCUT2D eigenvalue weighted by atomic mass is 127. The lowest BCUT2D eigenvalue weighted by Gasteiger charge is -2.47. The Bertz CT molecular complexity index is 420. The summed E-state index contributed by atoms with van der Waals surface area (Å²) in [7, 11) is 0. The summed E-state index contributed by atoms with van der Waals surface area (Å²) in [6.45, 7) is -1.37. The molecule has 0 aromatic rings. The van der Waals surface area contributed by atoms with Crippen LogP contribution in [0.15, 0.2) is 0 Å². The SMILES string of the molecule is OC[C@H]1O[C@@H](O[C@H]2[C@H](O)[C@@H](O)C(O)(I)O[C@@H]2CO)[C@H](O)[C@@H](O)[C@H]1O. The lowest BCUT2D eigenvalue weighted by Crippen LogP contribution is -2.66. The third-order valence-electron chi connectivity index (χ3n) is 4.03. The second-order valence-electron chi connectivity index (χ2n) is 5.68. The molecule has 2 aliphatic rings. The Morgan fingerprint density at radius 3 is 2.00 bits per heavy atom. The van der Waals surface area contributed by atoms with Crippen LogP contribution >= 0.6 is 22.6 Å². The maximum atomic E-state index is 10.1. The van der Waals surface area contributed by atoms with Gasteiger partial charge in [-0.05, 0) is 22.6 Å². The zero-order valence-corrected chi connectivity index (χ0v) is 14.4. The molecule has 0 aliphatic carbocycles. The Morgan fingerprint density at radius 2 is 1.46 bits per heavy atom.